The van der Waals surface area contributed by atoms with Gasteiger partial charge in [-0.05, 0) is 54.0 Å². The van der Waals surface area contributed by atoms with Crippen LogP contribution in [0.15, 0.2) is 42.5 Å². The van der Waals surface area contributed by atoms with Gasteiger partial charge in [-0.1, -0.05) is 24.3 Å². The fourth-order valence-electron chi connectivity index (χ4n) is 2.92. The first kappa shape index (κ1) is 12.2. The molecule has 0 aliphatic heterocycles. The van der Waals surface area contributed by atoms with Crippen molar-refractivity contribution >= 4 is 0 Å². The van der Waals surface area contributed by atoms with Crippen LogP contribution in [0.3, 0.4) is 0 Å². The number of methoxy groups -OCH3 is 1. The smallest absolute Gasteiger partial charge is 0.127 e. The molecule has 1 aliphatic rings. The maximum Gasteiger partial charge on any atom is 0.127 e. The van der Waals surface area contributed by atoms with Gasteiger partial charge in [-0.2, -0.15) is 0 Å². The Balaban J connectivity index is 1.90. The summed E-state index contributed by atoms with van der Waals surface area (Å²) in [4.78, 5) is 0. The summed E-state index contributed by atoms with van der Waals surface area (Å²) in [6.07, 6.45) is 3.13. The second-order valence-electron chi connectivity index (χ2n) is 5.13. The molecule has 1 atom stereocenters. The summed E-state index contributed by atoms with van der Waals surface area (Å²) >= 11 is 0. The van der Waals surface area contributed by atoms with Crippen LogP contribution in [0.4, 0.5) is 4.39 Å². The Hall–Kier alpha value is -1.83. The van der Waals surface area contributed by atoms with Crippen LogP contribution in [0, 0.1) is 5.82 Å². The normalized spacial score (nSPS) is 17.9. The van der Waals surface area contributed by atoms with E-state index in [1.54, 1.807) is 13.2 Å². The van der Waals surface area contributed by atoms with Gasteiger partial charge in [0, 0.05) is 6.07 Å². The molecule has 0 saturated carbocycles. The van der Waals surface area contributed by atoms with Gasteiger partial charge in [-0.3, -0.25) is 0 Å². The van der Waals surface area contributed by atoms with Gasteiger partial charge in [0.25, 0.3) is 0 Å². The van der Waals surface area contributed by atoms with Gasteiger partial charge in [0.15, 0.2) is 0 Å². The third-order valence-electron chi connectivity index (χ3n) is 3.95. The number of ether oxygens (including phenoxy) is 1. The number of fused-ring (bicyclic) bond motifs is 1. The lowest BCUT2D eigenvalue weighted by molar-refractivity contribution is 0.409. The number of hydrogen-bond acceptors (Lipinski definition) is 1. The van der Waals surface area contributed by atoms with Crippen molar-refractivity contribution in [3.05, 3.63) is 65.0 Å². The fraction of sp³-hybridized carbons (Fsp3) is 0.294. The van der Waals surface area contributed by atoms with E-state index >= 15 is 0 Å². The molecule has 0 bridgehead atoms. The molecule has 0 radical (unpaired) electrons. The molecule has 0 N–H and O–H groups in total. The predicted molar refractivity (Wildman–Crippen MR) is 74.2 cm³/mol. The van der Waals surface area contributed by atoms with Gasteiger partial charge in [0.1, 0.15) is 11.6 Å². The Morgan fingerprint density at radius 1 is 1.11 bits per heavy atom. The van der Waals surface area contributed by atoms with Crippen LogP contribution in [-0.4, -0.2) is 7.11 Å². The average molecular weight is 256 g/mol. The molecule has 19 heavy (non-hydrogen) atoms. The first-order chi connectivity index (χ1) is 9.26. The monoisotopic (exact) mass is 256 g/mol. The van der Waals surface area contributed by atoms with Crippen LogP contribution in [-0.2, 0) is 12.8 Å². The Kier molecular flexibility index (Phi) is 3.24. The first-order valence-corrected chi connectivity index (χ1v) is 6.67. The summed E-state index contributed by atoms with van der Waals surface area (Å²) in [5.41, 5.74) is 3.87. The molecular formula is C17H17FO. The lowest BCUT2D eigenvalue weighted by Crippen LogP contribution is -2.12. The summed E-state index contributed by atoms with van der Waals surface area (Å²) < 4.78 is 18.7. The Labute approximate surface area is 113 Å². The molecule has 2 aromatic carbocycles. The molecule has 0 heterocycles. The van der Waals surface area contributed by atoms with Crippen LogP contribution in [0.25, 0.3) is 0 Å². The Bertz CT molecular complexity index is 592. The highest BCUT2D eigenvalue weighted by Gasteiger charge is 2.20. The summed E-state index contributed by atoms with van der Waals surface area (Å²) in [6.45, 7) is 0. The van der Waals surface area contributed by atoms with Crippen molar-refractivity contribution in [1.82, 2.24) is 0 Å². The predicted octanol–water partition coefficient (Wildman–Crippen LogP) is 4.11. The molecule has 2 heteroatoms. The van der Waals surface area contributed by atoms with Crippen molar-refractivity contribution in [2.75, 3.05) is 7.11 Å². The van der Waals surface area contributed by atoms with Gasteiger partial charge in [-0.15, -0.1) is 0 Å². The summed E-state index contributed by atoms with van der Waals surface area (Å²) in [6, 6.07) is 13.6. The maximum absolute atomic E-state index is 13.6. The molecule has 0 amide bonds. The highest BCUT2D eigenvalue weighted by molar-refractivity contribution is 5.37. The zero-order chi connectivity index (χ0) is 13.2. The number of rotatable bonds is 2. The lowest BCUT2D eigenvalue weighted by Gasteiger charge is -2.25. The van der Waals surface area contributed by atoms with Crippen molar-refractivity contribution < 1.29 is 9.13 Å². The zero-order valence-electron chi connectivity index (χ0n) is 11.0. The molecule has 1 nitrogen and oxygen atoms in total. The van der Waals surface area contributed by atoms with Crippen molar-refractivity contribution in [2.24, 2.45) is 0 Å². The Morgan fingerprint density at radius 2 is 1.89 bits per heavy atom. The van der Waals surface area contributed by atoms with Gasteiger partial charge in [-0.25, -0.2) is 4.39 Å². The molecule has 1 unspecified atom stereocenters. The van der Waals surface area contributed by atoms with E-state index in [4.69, 9.17) is 4.74 Å². The van der Waals surface area contributed by atoms with Gasteiger partial charge >= 0.3 is 0 Å². The zero-order valence-corrected chi connectivity index (χ0v) is 11.0. The third kappa shape index (κ3) is 2.48. The second kappa shape index (κ2) is 5.04. The lowest BCUT2D eigenvalue weighted by atomic mass is 9.80. The number of benzene rings is 2. The third-order valence-corrected chi connectivity index (χ3v) is 3.95. The van der Waals surface area contributed by atoms with Gasteiger partial charge < -0.3 is 4.74 Å². The van der Waals surface area contributed by atoms with Crippen LogP contribution in [0.2, 0.25) is 0 Å². The van der Waals surface area contributed by atoms with Crippen LogP contribution in [0.5, 0.6) is 5.75 Å². The fourth-order valence-corrected chi connectivity index (χ4v) is 2.92. The molecule has 0 aromatic heterocycles. The molecule has 0 saturated heterocycles. The summed E-state index contributed by atoms with van der Waals surface area (Å²) in [7, 11) is 1.58. The van der Waals surface area contributed by atoms with E-state index < -0.39 is 0 Å². The summed E-state index contributed by atoms with van der Waals surface area (Å²) in [5, 5.41) is 0. The minimum atomic E-state index is -0.215. The molecule has 3 rings (SSSR count). The van der Waals surface area contributed by atoms with Crippen molar-refractivity contribution in [3.63, 3.8) is 0 Å². The molecule has 0 spiro atoms. The van der Waals surface area contributed by atoms with Crippen LogP contribution >= 0.6 is 0 Å². The topological polar surface area (TPSA) is 9.23 Å². The van der Waals surface area contributed by atoms with Crippen LogP contribution in [0.1, 0.15) is 29.0 Å². The van der Waals surface area contributed by atoms with E-state index in [9.17, 15) is 4.39 Å². The number of aryl methyl sites for hydroxylation is 1. The van der Waals surface area contributed by atoms with E-state index in [0.29, 0.717) is 11.7 Å². The van der Waals surface area contributed by atoms with E-state index in [2.05, 4.69) is 24.3 Å². The highest BCUT2D eigenvalue weighted by Crippen LogP contribution is 2.34. The van der Waals surface area contributed by atoms with Crippen molar-refractivity contribution in [3.8, 4) is 5.75 Å². The van der Waals surface area contributed by atoms with E-state index in [1.165, 1.54) is 17.2 Å². The van der Waals surface area contributed by atoms with Crippen molar-refractivity contribution in [1.29, 1.82) is 0 Å². The number of hydrogen-bond donors (Lipinski definition) is 0. The first-order valence-electron chi connectivity index (χ1n) is 6.67. The molecule has 1 aliphatic carbocycles. The SMILES string of the molecule is COc1cc(F)cc(C2CCc3ccccc3C2)c1. The minimum absolute atomic E-state index is 0.215. The van der Waals surface area contributed by atoms with E-state index in [-0.39, 0.29) is 5.82 Å². The van der Waals surface area contributed by atoms with E-state index in [0.717, 1.165) is 24.8 Å². The van der Waals surface area contributed by atoms with E-state index in [1.807, 2.05) is 6.07 Å². The Morgan fingerprint density at radius 3 is 2.68 bits per heavy atom. The molecule has 2 aromatic rings. The minimum Gasteiger partial charge on any atom is -0.497 e. The standard InChI is InChI=1S/C17H17FO/c1-19-17-10-15(9-16(18)11-17)14-7-6-12-4-2-3-5-13(12)8-14/h2-5,9-11,14H,6-8H2,1H3. The quantitative estimate of drug-likeness (QED) is 0.785. The van der Waals surface area contributed by atoms with Gasteiger partial charge in [0.2, 0.25) is 0 Å². The molecule has 98 valence electrons. The summed E-state index contributed by atoms with van der Waals surface area (Å²) in [5.74, 6) is 0.779. The van der Waals surface area contributed by atoms with Gasteiger partial charge in [0.05, 0.1) is 7.11 Å². The largest absolute Gasteiger partial charge is 0.497 e. The number of halogens is 1. The average Bonchev–Trinajstić information content (AvgIpc) is 2.46. The molecular weight excluding hydrogens is 239 g/mol. The maximum atomic E-state index is 13.6. The van der Waals surface area contributed by atoms with Crippen molar-refractivity contribution in [2.45, 2.75) is 25.2 Å². The highest BCUT2D eigenvalue weighted by atomic mass is 19.1. The molecule has 0 fully saturated rings. The van der Waals surface area contributed by atoms with Crippen LogP contribution < -0.4 is 4.74 Å². The second-order valence-corrected chi connectivity index (χ2v) is 5.13.